The van der Waals surface area contributed by atoms with Crippen LogP contribution in [0.15, 0.2) is 41.5 Å². The molecule has 0 spiro atoms. The van der Waals surface area contributed by atoms with E-state index in [4.69, 9.17) is 14.2 Å². The summed E-state index contributed by atoms with van der Waals surface area (Å²) in [4.78, 5) is 7.74. The molecule has 0 atom stereocenters. The van der Waals surface area contributed by atoms with Crippen LogP contribution in [0.5, 0.6) is 17.4 Å². The molecule has 2 N–H and O–H groups in total. The second kappa shape index (κ2) is 9.35. The Morgan fingerprint density at radius 3 is 2.76 bits per heavy atom. The van der Waals surface area contributed by atoms with E-state index in [1.54, 1.807) is 19.2 Å². The maximum absolute atomic E-state index is 12.9. The highest BCUT2D eigenvalue weighted by molar-refractivity contribution is 5.93. The first kappa shape index (κ1) is 20.6. The Hall–Kier alpha value is -3.17. The molecule has 3 rings (SSSR count). The number of ether oxygens (including phenoxy) is 3. The third-order valence-electron chi connectivity index (χ3n) is 3.94. The van der Waals surface area contributed by atoms with E-state index >= 15 is 0 Å². The molecule has 1 aromatic heterocycles. The third-order valence-corrected chi connectivity index (χ3v) is 3.94. The van der Waals surface area contributed by atoms with Gasteiger partial charge >= 0.3 is 6.18 Å². The van der Waals surface area contributed by atoms with Gasteiger partial charge in [0.25, 0.3) is 0 Å². The SMILES string of the molecule is CN=C(NCCOc1ncccc1C(F)(F)F)Nc1ccc2c(c1)OCCCO2. The van der Waals surface area contributed by atoms with Crippen LogP contribution in [-0.2, 0) is 6.18 Å². The van der Waals surface area contributed by atoms with Gasteiger partial charge < -0.3 is 24.8 Å². The Balaban J connectivity index is 1.53. The Bertz CT molecular complexity index is 859. The molecule has 2 aromatic rings. The lowest BCUT2D eigenvalue weighted by Crippen LogP contribution is -2.34. The van der Waals surface area contributed by atoms with Crippen LogP contribution in [0, 0.1) is 0 Å². The van der Waals surface area contributed by atoms with Crippen molar-refractivity contribution in [1.82, 2.24) is 10.3 Å². The smallest absolute Gasteiger partial charge is 0.421 e. The highest BCUT2D eigenvalue weighted by Crippen LogP contribution is 2.34. The van der Waals surface area contributed by atoms with E-state index in [0.717, 1.165) is 18.2 Å². The van der Waals surface area contributed by atoms with Gasteiger partial charge in [-0.3, -0.25) is 4.99 Å². The summed E-state index contributed by atoms with van der Waals surface area (Å²) in [5.74, 6) is 1.30. The van der Waals surface area contributed by atoms with E-state index in [-0.39, 0.29) is 13.2 Å². The van der Waals surface area contributed by atoms with Crippen molar-refractivity contribution in [3.05, 3.63) is 42.1 Å². The average Bonchev–Trinajstić information content (AvgIpc) is 2.94. The van der Waals surface area contributed by atoms with Gasteiger partial charge in [-0.2, -0.15) is 13.2 Å². The number of hydrogen-bond donors (Lipinski definition) is 2. The number of rotatable bonds is 5. The number of aromatic nitrogens is 1. The fourth-order valence-electron chi connectivity index (χ4n) is 2.60. The van der Waals surface area contributed by atoms with E-state index in [2.05, 4.69) is 20.6 Å². The lowest BCUT2D eigenvalue weighted by atomic mass is 10.2. The van der Waals surface area contributed by atoms with Gasteiger partial charge in [0.05, 0.1) is 19.8 Å². The third kappa shape index (κ3) is 5.66. The lowest BCUT2D eigenvalue weighted by molar-refractivity contribution is -0.139. The van der Waals surface area contributed by atoms with Gasteiger partial charge in [0.2, 0.25) is 5.88 Å². The molecule has 0 aliphatic carbocycles. The normalized spacial score (nSPS) is 14.1. The van der Waals surface area contributed by atoms with Gasteiger partial charge in [-0.1, -0.05) is 0 Å². The molecule has 1 aromatic carbocycles. The first-order valence-corrected chi connectivity index (χ1v) is 8.99. The van der Waals surface area contributed by atoms with Crippen molar-refractivity contribution < 1.29 is 27.4 Å². The van der Waals surface area contributed by atoms with Crippen molar-refractivity contribution in [2.24, 2.45) is 4.99 Å². The minimum Gasteiger partial charge on any atom is -0.490 e. The summed E-state index contributed by atoms with van der Waals surface area (Å²) in [7, 11) is 1.58. The molecule has 1 aliphatic heterocycles. The molecule has 10 heteroatoms. The Kier molecular flexibility index (Phi) is 6.63. The number of halogens is 3. The first-order chi connectivity index (χ1) is 14.0. The van der Waals surface area contributed by atoms with Crippen LogP contribution in [0.25, 0.3) is 0 Å². The minimum absolute atomic E-state index is 0.0259. The van der Waals surface area contributed by atoms with Crippen LogP contribution in [0.3, 0.4) is 0 Å². The molecule has 0 radical (unpaired) electrons. The summed E-state index contributed by atoms with van der Waals surface area (Å²) in [5.41, 5.74) is -0.179. The maximum Gasteiger partial charge on any atom is 0.421 e. The molecule has 29 heavy (non-hydrogen) atoms. The van der Waals surface area contributed by atoms with E-state index in [1.807, 2.05) is 6.07 Å². The van der Waals surface area contributed by atoms with Crippen LogP contribution in [0.2, 0.25) is 0 Å². The van der Waals surface area contributed by atoms with Crippen molar-refractivity contribution >= 4 is 11.6 Å². The van der Waals surface area contributed by atoms with Crippen LogP contribution in [0.1, 0.15) is 12.0 Å². The lowest BCUT2D eigenvalue weighted by Gasteiger charge is -2.15. The molecule has 0 unspecified atom stereocenters. The summed E-state index contributed by atoms with van der Waals surface area (Å²) in [6.07, 6.45) is -2.46. The van der Waals surface area contributed by atoms with Crippen molar-refractivity contribution in [3.63, 3.8) is 0 Å². The number of benzene rings is 1. The van der Waals surface area contributed by atoms with E-state index in [1.165, 1.54) is 12.3 Å². The molecule has 2 heterocycles. The highest BCUT2D eigenvalue weighted by Gasteiger charge is 2.34. The number of alkyl halides is 3. The molecule has 1 aliphatic rings. The number of pyridine rings is 1. The Labute approximate surface area is 165 Å². The first-order valence-electron chi connectivity index (χ1n) is 8.99. The van der Waals surface area contributed by atoms with E-state index in [0.29, 0.717) is 30.7 Å². The van der Waals surface area contributed by atoms with Gasteiger partial charge in [-0.25, -0.2) is 4.98 Å². The zero-order valence-corrected chi connectivity index (χ0v) is 15.8. The van der Waals surface area contributed by atoms with Crippen LogP contribution >= 0.6 is 0 Å². The van der Waals surface area contributed by atoms with Gasteiger partial charge in [-0.15, -0.1) is 0 Å². The molecule has 0 amide bonds. The van der Waals surface area contributed by atoms with E-state index in [9.17, 15) is 13.2 Å². The van der Waals surface area contributed by atoms with Gasteiger partial charge in [-0.05, 0) is 24.3 Å². The summed E-state index contributed by atoms with van der Waals surface area (Å²) < 4.78 is 55.3. The Morgan fingerprint density at radius 2 is 2.00 bits per heavy atom. The quantitative estimate of drug-likeness (QED) is 0.447. The minimum atomic E-state index is -4.52. The second-order valence-electron chi connectivity index (χ2n) is 6.04. The number of fused-ring (bicyclic) bond motifs is 1. The Morgan fingerprint density at radius 1 is 1.21 bits per heavy atom. The van der Waals surface area contributed by atoms with Crippen LogP contribution in [-0.4, -0.2) is 44.4 Å². The number of guanidine groups is 1. The van der Waals surface area contributed by atoms with Crippen LogP contribution in [0.4, 0.5) is 18.9 Å². The average molecular weight is 410 g/mol. The molecule has 0 bridgehead atoms. The predicted molar refractivity (Wildman–Crippen MR) is 102 cm³/mol. The zero-order valence-electron chi connectivity index (χ0n) is 15.8. The van der Waals surface area contributed by atoms with Crippen LogP contribution < -0.4 is 24.8 Å². The van der Waals surface area contributed by atoms with Crippen molar-refractivity contribution in [3.8, 4) is 17.4 Å². The summed E-state index contributed by atoms with van der Waals surface area (Å²) in [5, 5.41) is 6.06. The van der Waals surface area contributed by atoms with Gasteiger partial charge in [0.1, 0.15) is 12.2 Å². The molecule has 0 saturated heterocycles. The molecular formula is C19H21F3N4O3. The standard InChI is InChI=1S/C19H21F3N4O3/c1-23-18(26-13-5-6-15-16(12-13)28-10-3-9-27-15)25-8-11-29-17-14(19(20,21)22)4-2-7-24-17/h2,4-7,12H,3,8-11H2,1H3,(H2,23,25,26). The zero-order chi connectivity index (χ0) is 20.7. The van der Waals surface area contributed by atoms with Crippen molar-refractivity contribution in [2.75, 3.05) is 38.7 Å². The summed E-state index contributed by atoms with van der Waals surface area (Å²) in [6, 6.07) is 7.57. The predicted octanol–water partition coefficient (Wildman–Crippen LogP) is 3.33. The molecule has 7 nitrogen and oxygen atoms in total. The number of anilines is 1. The number of nitrogens with one attached hydrogen (secondary N) is 2. The molecule has 0 saturated carbocycles. The van der Waals surface area contributed by atoms with Crippen molar-refractivity contribution in [2.45, 2.75) is 12.6 Å². The van der Waals surface area contributed by atoms with E-state index < -0.39 is 17.6 Å². The van der Waals surface area contributed by atoms with Gasteiger partial charge in [0.15, 0.2) is 17.5 Å². The number of nitrogens with zero attached hydrogens (tertiary/aromatic N) is 2. The summed E-state index contributed by atoms with van der Waals surface area (Å²) >= 11 is 0. The largest absolute Gasteiger partial charge is 0.490 e. The summed E-state index contributed by atoms with van der Waals surface area (Å²) in [6.45, 7) is 1.38. The number of hydrogen-bond acceptors (Lipinski definition) is 5. The molecule has 156 valence electrons. The second-order valence-corrected chi connectivity index (χ2v) is 6.04. The monoisotopic (exact) mass is 410 g/mol. The topological polar surface area (TPSA) is 77.0 Å². The van der Waals surface area contributed by atoms with Crippen molar-refractivity contribution in [1.29, 1.82) is 0 Å². The highest BCUT2D eigenvalue weighted by atomic mass is 19.4. The molecular weight excluding hydrogens is 389 g/mol. The molecule has 0 fully saturated rings. The number of aliphatic imine (C=N–C) groups is 1. The van der Waals surface area contributed by atoms with Gasteiger partial charge in [0, 0.05) is 31.4 Å². The fraction of sp³-hybridized carbons (Fsp3) is 0.368. The fourth-order valence-corrected chi connectivity index (χ4v) is 2.60. The maximum atomic E-state index is 12.9.